The highest BCUT2D eigenvalue weighted by Crippen LogP contribution is 2.22. The first kappa shape index (κ1) is 9.55. The van der Waals surface area contributed by atoms with Gasteiger partial charge in [-0.2, -0.15) is 0 Å². The SMILES string of the molecule is Cn1cnc2cc(SCCO)ccc21. The Bertz CT molecular complexity index is 439. The Hall–Kier alpha value is -1.00. The monoisotopic (exact) mass is 208 g/mol. The van der Waals surface area contributed by atoms with E-state index in [9.17, 15) is 0 Å². The van der Waals surface area contributed by atoms with Crippen LogP contribution in [0.25, 0.3) is 11.0 Å². The lowest BCUT2D eigenvalue weighted by Gasteiger charge is -1.99. The van der Waals surface area contributed by atoms with E-state index in [2.05, 4.69) is 23.2 Å². The minimum absolute atomic E-state index is 0.213. The number of hydrogen-bond acceptors (Lipinski definition) is 3. The molecule has 0 saturated carbocycles. The molecule has 14 heavy (non-hydrogen) atoms. The lowest BCUT2D eigenvalue weighted by atomic mass is 10.3. The van der Waals surface area contributed by atoms with Crippen molar-refractivity contribution in [2.45, 2.75) is 4.90 Å². The van der Waals surface area contributed by atoms with E-state index in [-0.39, 0.29) is 6.61 Å². The van der Waals surface area contributed by atoms with Crippen LogP contribution in [0.2, 0.25) is 0 Å². The molecule has 74 valence electrons. The van der Waals surface area contributed by atoms with Gasteiger partial charge in [-0.05, 0) is 18.2 Å². The number of nitrogens with zero attached hydrogens (tertiary/aromatic N) is 2. The second-order valence-corrected chi connectivity index (χ2v) is 4.25. The fourth-order valence-corrected chi connectivity index (χ4v) is 2.06. The Morgan fingerprint density at radius 2 is 2.36 bits per heavy atom. The molecule has 0 saturated heterocycles. The number of aryl methyl sites for hydroxylation is 1. The van der Waals surface area contributed by atoms with Gasteiger partial charge >= 0.3 is 0 Å². The summed E-state index contributed by atoms with van der Waals surface area (Å²) in [6.07, 6.45) is 1.81. The van der Waals surface area contributed by atoms with Gasteiger partial charge in [-0.1, -0.05) is 0 Å². The van der Waals surface area contributed by atoms with Crippen LogP contribution >= 0.6 is 11.8 Å². The predicted octanol–water partition coefficient (Wildman–Crippen LogP) is 1.66. The van der Waals surface area contributed by atoms with Crippen molar-refractivity contribution in [3.8, 4) is 0 Å². The fraction of sp³-hybridized carbons (Fsp3) is 0.300. The van der Waals surface area contributed by atoms with E-state index in [1.807, 2.05) is 17.9 Å². The zero-order valence-electron chi connectivity index (χ0n) is 7.97. The molecule has 1 N–H and O–H groups in total. The van der Waals surface area contributed by atoms with E-state index in [1.165, 1.54) is 0 Å². The van der Waals surface area contributed by atoms with Crippen molar-refractivity contribution in [3.63, 3.8) is 0 Å². The van der Waals surface area contributed by atoms with Crippen LogP contribution in [0.5, 0.6) is 0 Å². The van der Waals surface area contributed by atoms with Gasteiger partial charge in [-0.15, -0.1) is 11.8 Å². The third-order valence-corrected chi connectivity index (χ3v) is 3.03. The summed E-state index contributed by atoms with van der Waals surface area (Å²) in [5.74, 6) is 0.734. The molecule has 0 aliphatic carbocycles. The number of benzene rings is 1. The molecule has 1 aromatic carbocycles. The maximum absolute atomic E-state index is 8.70. The quantitative estimate of drug-likeness (QED) is 0.779. The van der Waals surface area contributed by atoms with Crippen molar-refractivity contribution in [1.82, 2.24) is 9.55 Å². The summed E-state index contributed by atoms with van der Waals surface area (Å²) in [6.45, 7) is 0.213. The molecule has 1 aromatic heterocycles. The molecular weight excluding hydrogens is 196 g/mol. The number of thioether (sulfide) groups is 1. The van der Waals surface area contributed by atoms with Crippen LogP contribution in [0.3, 0.4) is 0 Å². The first-order valence-electron chi connectivity index (χ1n) is 4.46. The zero-order chi connectivity index (χ0) is 9.97. The molecule has 0 bridgehead atoms. The number of rotatable bonds is 3. The van der Waals surface area contributed by atoms with Crippen molar-refractivity contribution in [3.05, 3.63) is 24.5 Å². The Labute approximate surface area is 86.8 Å². The first-order valence-corrected chi connectivity index (χ1v) is 5.44. The molecule has 0 radical (unpaired) electrons. The third-order valence-electron chi connectivity index (χ3n) is 2.06. The average Bonchev–Trinajstić information content (AvgIpc) is 2.57. The van der Waals surface area contributed by atoms with E-state index in [1.54, 1.807) is 11.8 Å². The minimum atomic E-state index is 0.213. The molecule has 3 nitrogen and oxygen atoms in total. The number of imidazole rings is 1. The molecule has 0 atom stereocenters. The molecule has 1 heterocycles. The predicted molar refractivity (Wildman–Crippen MR) is 58.5 cm³/mol. The molecule has 4 heteroatoms. The topological polar surface area (TPSA) is 38.0 Å². The number of aliphatic hydroxyl groups excluding tert-OH is 1. The van der Waals surface area contributed by atoms with Gasteiger partial charge in [-0.3, -0.25) is 0 Å². The summed E-state index contributed by atoms with van der Waals surface area (Å²) in [7, 11) is 1.98. The van der Waals surface area contributed by atoms with Crippen molar-refractivity contribution in [2.24, 2.45) is 7.05 Å². The summed E-state index contributed by atoms with van der Waals surface area (Å²) in [5, 5.41) is 8.70. The summed E-state index contributed by atoms with van der Waals surface area (Å²) in [5.41, 5.74) is 2.15. The molecule has 0 aliphatic rings. The summed E-state index contributed by atoms with van der Waals surface area (Å²) in [6, 6.07) is 6.17. The van der Waals surface area contributed by atoms with Gasteiger partial charge in [0.2, 0.25) is 0 Å². The maximum Gasteiger partial charge on any atom is 0.0955 e. The van der Waals surface area contributed by atoms with Gasteiger partial charge in [0.25, 0.3) is 0 Å². The van der Waals surface area contributed by atoms with Crippen molar-refractivity contribution < 1.29 is 5.11 Å². The number of fused-ring (bicyclic) bond motifs is 1. The van der Waals surface area contributed by atoms with E-state index < -0.39 is 0 Å². The molecule has 2 aromatic rings. The largest absolute Gasteiger partial charge is 0.396 e. The molecule has 0 fully saturated rings. The van der Waals surface area contributed by atoms with E-state index >= 15 is 0 Å². The van der Waals surface area contributed by atoms with E-state index in [4.69, 9.17) is 5.11 Å². The summed E-state index contributed by atoms with van der Waals surface area (Å²) in [4.78, 5) is 5.43. The van der Waals surface area contributed by atoms with Crippen molar-refractivity contribution in [1.29, 1.82) is 0 Å². The standard InChI is InChI=1S/C10H12N2OS/c1-12-7-11-9-6-8(14-5-4-13)2-3-10(9)12/h2-3,6-7,13H,4-5H2,1H3. The Morgan fingerprint density at radius 1 is 1.50 bits per heavy atom. The molecule has 0 unspecified atom stereocenters. The fourth-order valence-electron chi connectivity index (χ4n) is 1.37. The van der Waals surface area contributed by atoms with Gasteiger partial charge < -0.3 is 9.67 Å². The lowest BCUT2D eigenvalue weighted by molar-refractivity contribution is 0.322. The summed E-state index contributed by atoms with van der Waals surface area (Å²) < 4.78 is 2.00. The first-order chi connectivity index (χ1) is 6.81. The van der Waals surface area contributed by atoms with Gasteiger partial charge in [0.05, 0.1) is 24.0 Å². The molecule has 0 aliphatic heterocycles. The number of hydrogen-bond donors (Lipinski definition) is 1. The van der Waals surface area contributed by atoms with Gasteiger partial charge in [-0.25, -0.2) is 4.98 Å². The Balaban J connectivity index is 2.32. The normalized spacial score (nSPS) is 11.0. The maximum atomic E-state index is 8.70. The number of aromatic nitrogens is 2. The van der Waals surface area contributed by atoms with Gasteiger partial charge in [0, 0.05) is 17.7 Å². The number of aliphatic hydroxyl groups is 1. The van der Waals surface area contributed by atoms with E-state index in [0.717, 1.165) is 21.7 Å². The smallest absolute Gasteiger partial charge is 0.0955 e. The highest BCUT2D eigenvalue weighted by atomic mass is 32.2. The van der Waals surface area contributed by atoms with Gasteiger partial charge in [0.1, 0.15) is 0 Å². The van der Waals surface area contributed by atoms with Crippen LogP contribution in [0.15, 0.2) is 29.4 Å². The lowest BCUT2D eigenvalue weighted by Crippen LogP contribution is -1.86. The van der Waals surface area contributed by atoms with Crippen molar-refractivity contribution >= 4 is 22.8 Å². The van der Waals surface area contributed by atoms with Crippen LogP contribution in [-0.4, -0.2) is 27.0 Å². The average molecular weight is 208 g/mol. The Kier molecular flexibility index (Phi) is 2.74. The highest BCUT2D eigenvalue weighted by molar-refractivity contribution is 7.99. The molecule has 2 rings (SSSR count). The van der Waals surface area contributed by atoms with Crippen LogP contribution < -0.4 is 0 Å². The second kappa shape index (κ2) is 4.02. The highest BCUT2D eigenvalue weighted by Gasteiger charge is 2.00. The van der Waals surface area contributed by atoms with Crippen molar-refractivity contribution in [2.75, 3.05) is 12.4 Å². The van der Waals surface area contributed by atoms with E-state index in [0.29, 0.717) is 0 Å². The van der Waals surface area contributed by atoms with Crippen LogP contribution in [0.1, 0.15) is 0 Å². The molecule has 0 spiro atoms. The second-order valence-electron chi connectivity index (χ2n) is 3.08. The van der Waals surface area contributed by atoms with Crippen LogP contribution in [-0.2, 0) is 7.05 Å². The molecule has 0 amide bonds. The summed E-state index contributed by atoms with van der Waals surface area (Å²) >= 11 is 1.65. The zero-order valence-corrected chi connectivity index (χ0v) is 8.79. The van der Waals surface area contributed by atoms with Crippen LogP contribution in [0, 0.1) is 0 Å². The molecular formula is C10H12N2OS. The van der Waals surface area contributed by atoms with Crippen LogP contribution in [0.4, 0.5) is 0 Å². The van der Waals surface area contributed by atoms with Gasteiger partial charge in [0.15, 0.2) is 0 Å². The minimum Gasteiger partial charge on any atom is -0.396 e. The third kappa shape index (κ3) is 1.76. The Morgan fingerprint density at radius 3 is 3.14 bits per heavy atom.